The molecule has 0 heterocycles. The number of aryl methyl sites for hydroxylation is 1. The van der Waals surface area contributed by atoms with Gasteiger partial charge in [-0.2, -0.15) is 0 Å². The zero-order valence-corrected chi connectivity index (χ0v) is 12.3. The Hall–Kier alpha value is -1.55. The Bertz CT molecular complexity index is 473. The van der Waals surface area contributed by atoms with E-state index >= 15 is 0 Å². The van der Waals surface area contributed by atoms with E-state index in [9.17, 15) is 4.79 Å². The molecule has 0 fully saturated rings. The highest BCUT2D eigenvalue weighted by atomic mass is 16.5. The Morgan fingerprint density at radius 2 is 1.89 bits per heavy atom. The van der Waals surface area contributed by atoms with Crippen LogP contribution in [-0.4, -0.2) is 23.2 Å². The summed E-state index contributed by atoms with van der Waals surface area (Å²) in [6.07, 6.45) is 0. The molecule has 0 radical (unpaired) electrons. The molecule has 0 aliphatic heterocycles. The smallest absolute Gasteiger partial charge is 0.326 e. The van der Waals surface area contributed by atoms with Crippen molar-refractivity contribution in [2.24, 2.45) is 5.73 Å². The van der Waals surface area contributed by atoms with Crippen molar-refractivity contribution in [2.45, 2.75) is 45.6 Å². The summed E-state index contributed by atoms with van der Waals surface area (Å²) in [7, 11) is 0. The fraction of sp³-hybridized carbons (Fsp3) is 0.533. The van der Waals surface area contributed by atoms with Crippen LogP contribution in [0.1, 0.15) is 38.8 Å². The van der Waals surface area contributed by atoms with Crippen molar-refractivity contribution in [1.82, 2.24) is 0 Å². The topological polar surface area (TPSA) is 72.5 Å². The van der Waals surface area contributed by atoms with E-state index in [0.717, 1.165) is 5.56 Å². The molecule has 1 aromatic rings. The van der Waals surface area contributed by atoms with E-state index < -0.39 is 11.5 Å². The first kappa shape index (κ1) is 15.5. The lowest BCUT2D eigenvalue weighted by Gasteiger charge is -2.23. The Morgan fingerprint density at radius 3 is 2.32 bits per heavy atom. The van der Waals surface area contributed by atoms with Crippen molar-refractivity contribution in [3.63, 3.8) is 0 Å². The van der Waals surface area contributed by atoms with Crippen LogP contribution in [0.2, 0.25) is 0 Å². The van der Waals surface area contributed by atoms with Crippen LogP contribution in [0.4, 0.5) is 0 Å². The maximum Gasteiger partial charge on any atom is 0.326 e. The van der Waals surface area contributed by atoms with Gasteiger partial charge in [-0.05, 0) is 36.5 Å². The predicted molar refractivity (Wildman–Crippen MR) is 75.6 cm³/mol. The van der Waals surface area contributed by atoms with Crippen molar-refractivity contribution in [2.75, 3.05) is 6.61 Å². The van der Waals surface area contributed by atoms with Crippen LogP contribution in [0.3, 0.4) is 0 Å². The van der Waals surface area contributed by atoms with Gasteiger partial charge in [-0.3, -0.25) is 4.79 Å². The van der Waals surface area contributed by atoms with Crippen LogP contribution < -0.4 is 10.5 Å². The second-order valence-corrected chi connectivity index (χ2v) is 6.24. The van der Waals surface area contributed by atoms with Crippen LogP contribution in [0.25, 0.3) is 0 Å². The summed E-state index contributed by atoms with van der Waals surface area (Å²) in [4.78, 5) is 10.9. The number of nitrogens with two attached hydrogens (primary N) is 1. The van der Waals surface area contributed by atoms with Gasteiger partial charge in [0.2, 0.25) is 0 Å². The lowest BCUT2D eigenvalue weighted by Crippen LogP contribution is -2.50. The second kappa shape index (κ2) is 5.21. The van der Waals surface area contributed by atoms with E-state index in [1.807, 2.05) is 19.1 Å². The molecule has 1 unspecified atom stereocenters. The Labute approximate surface area is 114 Å². The normalized spacial score (nSPS) is 14.8. The second-order valence-electron chi connectivity index (χ2n) is 6.24. The zero-order valence-electron chi connectivity index (χ0n) is 12.3. The molecule has 0 aliphatic carbocycles. The molecule has 106 valence electrons. The lowest BCUT2D eigenvalue weighted by molar-refractivity contribution is -0.143. The minimum atomic E-state index is -1.38. The first-order chi connectivity index (χ1) is 8.54. The molecule has 4 nitrogen and oxygen atoms in total. The highest BCUT2D eigenvalue weighted by Crippen LogP contribution is 2.27. The Balaban J connectivity index is 2.85. The Kier molecular flexibility index (Phi) is 4.25. The molecule has 1 atom stereocenters. The van der Waals surface area contributed by atoms with Crippen LogP contribution in [0, 0.1) is 6.92 Å². The third-order valence-electron chi connectivity index (χ3n) is 3.06. The third-order valence-corrected chi connectivity index (χ3v) is 3.06. The first-order valence-corrected chi connectivity index (χ1v) is 6.30. The fourth-order valence-electron chi connectivity index (χ4n) is 1.57. The number of hydrogen-bond donors (Lipinski definition) is 2. The van der Waals surface area contributed by atoms with Gasteiger partial charge in [-0.15, -0.1) is 0 Å². The van der Waals surface area contributed by atoms with E-state index in [0.29, 0.717) is 5.75 Å². The fourth-order valence-corrected chi connectivity index (χ4v) is 1.57. The molecule has 0 aromatic heterocycles. The van der Waals surface area contributed by atoms with Gasteiger partial charge >= 0.3 is 5.97 Å². The molecule has 4 heteroatoms. The number of benzene rings is 1. The standard InChI is InChI=1S/C15H23NO3/c1-10-8-11(14(2,3)4)6-7-12(10)19-9-15(5,16)13(17)18/h6-8H,9,16H2,1-5H3,(H,17,18). The van der Waals surface area contributed by atoms with Gasteiger partial charge in [0, 0.05) is 0 Å². The number of ether oxygens (including phenoxy) is 1. The van der Waals surface area contributed by atoms with Crippen LogP contribution >= 0.6 is 0 Å². The monoisotopic (exact) mass is 265 g/mol. The number of hydrogen-bond acceptors (Lipinski definition) is 3. The highest BCUT2D eigenvalue weighted by Gasteiger charge is 2.29. The van der Waals surface area contributed by atoms with Crippen molar-refractivity contribution in [1.29, 1.82) is 0 Å². The number of carboxylic acids is 1. The molecule has 0 bridgehead atoms. The summed E-state index contributed by atoms with van der Waals surface area (Å²) < 4.78 is 5.52. The molecule has 19 heavy (non-hydrogen) atoms. The molecule has 0 saturated heterocycles. The Morgan fingerprint density at radius 1 is 1.32 bits per heavy atom. The number of carbonyl (C=O) groups is 1. The summed E-state index contributed by atoms with van der Waals surface area (Å²) in [6, 6.07) is 5.93. The number of aliphatic carboxylic acids is 1. The van der Waals surface area contributed by atoms with E-state index in [4.69, 9.17) is 15.6 Å². The third kappa shape index (κ3) is 3.96. The predicted octanol–water partition coefficient (Wildman–Crippen LogP) is 2.47. The van der Waals surface area contributed by atoms with Gasteiger partial charge in [-0.1, -0.05) is 32.9 Å². The lowest BCUT2D eigenvalue weighted by atomic mass is 9.86. The van der Waals surface area contributed by atoms with Crippen molar-refractivity contribution in [3.05, 3.63) is 29.3 Å². The average Bonchev–Trinajstić information content (AvgIpc) is 2.25. The van der Waals surface area contributed by atoms with Crippen LogP contribution in [0.5, 0.6) is 5.75 Å². The van der Waals surface area contributed by atoms with Gasteiger partial charge in [-0.25, -0.2) is 0 Å². The molecule has 0 amide bonds. The van der Waals surface area contributed by atoms with Gasteiger partial charge in [0.25, 0.3) is 0 Å². The van der Waals surface area contributed by atoms with E-state index in [-0.39, 0.29) is 12.0 Å². The summed E-state index contributed by atoms with van der Waals surface area (Å²) in [5.41, 5.74) is 6.52. The largest absolute Gasteiger partial charge is 0.491 e. The molecular formula is C15H23NO3. The molecule has 1 aromatic carbocycles. The molecular weight excluding hydrogens is 242 g/mol. The highest BCUT2D eigenvalue weighted by molar-refractivity contribution is 5.78. The van der Waals surface area contributed by atoms with Gasteiger partial charge in [0.15, 0.2) is 0 Å². The van der Waals surface area contributed by atoms with Crippen molar-refractivity contribution in [3.8, 4) is 5.75 Å². The minimum absolute atomic E-state index is 0.0575. The van der Waals surface area contributed by atoms with Gasteiger partial charge in [0.05, 0.1) is 0 Å². The molecule has 0 spiro atoms. The SMILES string of the molecule is Cc1cc(C(C)(C)C)ccc1OCC(C)(N)C(=O)O. The van der Waals surface area contributed by atoms with Gasteiger partial charge < -0.3 is 15.6 Å². The summed E-state index contributed by atoms with van der Waals surface area (Å²) >= 11 is 0. The average molecular weight is 265 g/mol. The number of carboxylic acid groups (broad SMARTS) is 1. The van der Waals surface area contributed by atoms with E-state index in [1.54, 1.807) is 0 Å². The molecule has 0 saturated carbocycles. The van der Waals surface area contributed by atoms with Crippen molar-refractivity contribution >= 4 is 5.97 Å². The maximum absolute atomic E-state index is 10.9. The summed E-state index contributed by atoms with van der Waals surface area (Å²) in [5, 5.41) is 8.93. The first-order valence-electron chi connectivity index (χ1n) is 6.30. The van der Waals surface area contributed by atoms with Crippen LogP contribution in [-0.2, 0) is 10.2 Å². The summed E-state index contributed by atoms with van der Waals surface area (Å²) in [6.45, 7) is 9.75. The van der Waals surface area contributed by atoms with E-state index in [2.05, 4.69) is 26.8 Å². The molecule has 1 rings (SSSR count). The van der Waals surface area contributed by atoms with E-state index in [1.165, 1.54) is 12.5 Å². The summed E-state index contributed by atoms with van der Waals surface area (Å²) in [5.74, 6) is -0.401. The van der Waals surface area contributed by atoms with Crippen molar-refractivity contribution < 1.29 is 14.6 Å². The number of rotatable bonds is 4. The maximum atomic E-state index is 10.9. The zero-order chi connectivity index (χ0) is 14.8. The quantitative estimate of drug-likeness (QED) is 0.877. The van der Waals surface area contributed by atoms with Crippen LogP contribution in [0.15, 0.2) is 18.2 Å². The van der Waals surface area contributed by atoms with Gasteiger partial charge in [0.1, 0.15) is 17.9 Å². The minimum Gasteiger partial charge on any atom is -0.491 e. The molecule has 0 aliphatic rings. The molecule has 3 N–H and O–H groups in total.